The summed E-state index contributed by atoms with van der Waals surface area (Å²) in [6, 6.07) is 8.49. The second-order valence-electron chi connectivity index (χ2n) is 7.16. The average Bonchev–Trinajstić information content (AvgIpc) is 2.46. The third kappa shape index (κ3) is 6.68. The van der Waals surface area contributed by atoms with Crippen LogP contribution in [0.15, 0.2) is 30.3 Å². The second kappa shape index (κ2) is 8.26. The Bertz CT molecular complexity index is 554. The molecule has 2 atom stereocenters. The number of hydrogen-bond donors (Lipinski definition) is 3. The zero-order valence-electron chi connectivity index (χ0n) is 14.6. The lowest BCUT2D eigenvalue weighted by Crippen LogP contribution is -2.53. The first kappa shape index (κ1) is 20.1. The van der Waals surface area contributed by atoms with E-state index in [0.29, 0.717) is 19.3 Å². The molecule has 24 heavy (non-hydrogen) atoms. The lowest BCUT2D eigenvalue weighted by molar-refractivity contribution is -0.162. The molecule has 134 valence electrons. The van der Waals surface area contributed by atoms with E-state index < -0.39 is 29.1 Å². The molecule has 0 aliphatic rings. The smallest absolute Gasteiger partial charge is 0.326 e. The largest absolute Gasteiger partial charge is 0.480 e. The number of hydrogen-bond acceptors (Lipinski definition) is 5. The quantitative estimate of drug-likeness (QED) is 0.624. The molecule has 0 amide bonds. The highest BCUT2D eigenvalue weighted by Crippen LogP contribution is 2.23. The van der Waals surface area contributed by atoms with Gasteiger partial charge in [-0.25, -0.2) is 0 Å². The van der Waals surface area contributed by atoms with Crippen molar-refractivity contribution in [1.29, 1.82) is 0 Å². The van der Waals surface area contributed by atoms with Crippen LogP contribution in [-0.4, -0.2) is 34.2 Å². The summed E-state index contributed by atoms with van der Waals surface area (Å²) in [5, 5.41) is 8.86. The zero-order valence-corrected chi connectivity index (χ0v) is 14.6. The summed E-state index contributed by atoms with van der Waals surface area (Å²) in [5.74, 6) is -1.54. The maximum Gasteiger partial charge on any atom is 0.326 e. The highest BCUT2D eigenvalue weighted by Gasteiger charge is 2.37. The van der Waals surface area contributed by atoms with E-state index in [1.54, 1.807) is 20.8 Å². The number of carboxylic acid groups (broad SMARTS) is 1. The zero-order chi connectivity index (χ0) is 18.4. The van der Waals surface area contributed by atoms with Gasteiger partial charge in [-0.05, 0) is 45.6 Å². The van der Waals surface area contributed by atoms with Crippen molar-refractivity contribution in [3.05, 3.63) is 35.9 Å². The fourth-order valence-electron chi connectivity index (χ4n) is 2.36. The van der Waals surface area contributed by atoms with Crippen molar-refractivity contribution in [2.24, 2.45) is 11.5 Å². The van der Waals surface area contributed by atoms with Crippen LogP contribution in [0.1, 0.15) is 45.6 Å². The van der Waals surface area contributed by atoms with Gasteiger partial charge in [-0.15, -0.1) is 0 Å². The van der Waals surface area contributed by atoms with Gasteiger partial charge in [0.1, 0.15) is 17.2 Å². The SMILES string of the molecule is CC(C)(C)OC(=O)C(N)(CCC[C@H](N)C(=O)O)Cc1ccccc1. The minimum absolute atomic E-state index is 0.256. The number of carbonyl (C=O) groups is 2. The Labute approximate surface area is 143 Å². The summed E-state index contributed by atoms with van der Waals surface area (Å²) in [4.78, 5) is 23.4. The summed E-state index contributed by atoms with van der Waals surface area (Å²) < 4.78 is 5.47. The van der Waals surface area contributed by atoms with Crippen LogP contribution in [0, 0.1) is 0 Å². The molecular formula is C18H28N2O4. The second-order valence-corrected chi connectivity index (χ2v) is 7.16. The normalized spacial score (nSPS) is 15.4. The van der Waals surface area contributed by atoms with Crippen molar-refractivity contribution < 1.29 is 19.4 Å². The van der Waals surface area contributed by atoms with Crippen molar-refractivity contribution in [2.75, 3.05) is 0 Å². The molecule has 0 fully saturated rings. The Morgan fingerprint density at radius 3 is 2.29 bits per heavy atom. The predicted octanol–water partition coefficient (Wildman–Crippen LogP) is 1.85. The van der Waals surface area contributed by atoms with Gasteiger partial charge in [0.2, 0.25) is 0 Å². The number of ether oxygens (including phenoxy) is 1. The molecule has 0 saturated carbocycles. The number of carboxylic acids is 1. The Kier molecular flexibility index (Phi) is 6.93. The molecule has 0 aliphatic carbocycles. The minimum Gasteiger partial charge on any atom is -0.480 e. The minimum atomic E-state index is -1.22. The van der Waals surface area contributed by atoms with E-state index in [-0.39, 0.29) is 6.42 Å². The molecule has 1 unspecified atom stereocenters. The van der Waals surface area contributed by atoms with Crippen LogP contribution in [0.3, 0.4) is 0 Å². The maximum atomic E-state index is 12.6. The fraction of sp³-hybridized carbons (Fsp3) is 0.556. The Hall–Kier alpha value is -1.92. The standard InChI is InChI=1S/C18H28N2O4/c1-17(2,3)24-16(23)18(20,11-7-10-14(19)15(21)22)12-13-8-5-4-6-9-13/h4-6,8-9,14H,7,10-12,19-20H2,1-3H3,(H,21,22)/t14-,18?/m0/s1. The maximum absolute atomic E-state index is 12.6. The van der Waals surface area contributed by atoms with Crippen LogP contribution >= 0.6 is 0 Å². The third-order valence-electron chi connectivity index (χ3n) is 3.62. The van der Waals surface area contributed by atoms with Crippen molar-refractivity contribution in [1.82, 2.24) is 0 Å². The first-order valence-electron chi connectivity index (χ1n) is 8.08. The van der Waals surface area contributed by atoms with E-state index in [1.165, 1.54) is 0 Å². The molecule has 1 aromatic carbocycles. The average molecular weight is 336 g/mol. The lowest BCUT2D eigenvalue weighted by Gasteiger charge is -2.31. The van der Waals surface area contributed by atoms with Crippen LogP contribution in [0.25, 0.3) is 0 Å². The van der Waals surface area contributed by atoms with Crippen molar-refractivity contribution >= 4 is 11.9 Å². The van der Waals surface area contributed by atoms with E-state index in [0.717, 1.165) is 5.56 Å². The highest BCUT2D eigenvalue weighted by molar-refractivity contribution is 5.81. The van der Waals surface area contributed by atoms with Gasteiger partial charge in [-0.2, -0.15) is 0 Å². The van der Waals surface area contributed by atoms with Gasteiger partial charge < -0.3 is 21.3 Å². The molecule has 6 heteroatoms. The molecule has 6 nitrogen and oxygen atoms in total. The highest BCUT2D eigenvalue weighted by atomic mass is 16.6. The molecule has 0 bridgehead atoms. The molecule has 0 radical (unpaired) electrons. The Morgan fingerprint density at radius 2 is 1.79 bits per heavy atom. The first-order valence-corrected chi connectivity index (χ1v) is 8.08. The number of rotatable bonds is 8. The van der Waals surface area contributed by atoms with Crippen LogP contribution in [0.5, 0.6) is 0 Å². The lowest BCUT2D eigenvalue weighted by atomic mass is 9.86. The number of esters is 1. The van der Waals surface area contributed by atoms with E-state index in [1.807, 2.05) is 30.3 Å². The van der Waals surface area contributed by atoms with E-state index in [4.69, 9.17) is 21.3 Å². The number of benzene rings is 1. The molecule has 0 aliphatic heterocycles. The molecule has 1 aromatic rings. The van der Waals surface area contributed by atoms with Crippen LogP contribution in [0.2, 0.25) is 0 Å². The topological polar surface area (TPSA) is 116 Å². The molecule has 0 aromatic heterocycles. The summed E-state index contributed by atoms with van der Waals surface area (Å²) in [5.41, 5.74) is 11.0. The van der Waals surface area contributed by atoms with E-state index in [9.17, 15) is 9.59 Å². The Balaban J connectivity index is 2.85. The van der Waals surface area contributed by atoms with Crippen LogP contribution < -0.4 is 11.5 Å². The van der Waals surface area contributed by atoms with Crippen molar-refractivity contribution in [2.45, 2.75) is 63.6 Å². The summed E-state index contributed by atoms with van der Waals surface area (Å²) >= 11 is 0. The van der Waals surface area contributed by atoms with Crippen molar-refractivity contribution in [3.8, 4) is 0 Å². The molecule has 0 spiro atoms. The molecule has 0 saturated heterocycles. The predicted molar refractivity (Wildman–Crippen MR) is 92.4 cm³/mol. The first-order chi connectivity index (χ1) is 11.0. The summed E-state index contributed by atoms with van der Waals surface area (Å²) in [6.07, 6.45) is 1.31. The van der Waals surface area contributed by atoms with Gasteiger partial charge in [0.25, 0.3) is 0 Å². The number of aliphatic carboxylic acids is 1. The van der Waals surface area contributed by atoms with Gasteiger partial charge in [-0.3, -0.25) is 9.59 Å². The van der Waals surface area contributed by atoms with Gasteiger partial charge in [0.05, 0.1) is 0 Å². The van der Waals surface area contributed by atoms with E-state index >= 15 is 0 Å². The van der Waals surface area contributed by atoms with Crippen molar-refractivity contribution in [3.63, 3.8) is 0 Å². The molecule has 1 rings (SSSR count). The van der Waals surface area contributed by atoms with Gasteiger partial charge in [0, 0.05) is 6.42 Å². The number of carbonyl (C=O) groups excluding carboxylic acids is 1. The third-order valence-corrected chi connectivity index (χ3v) is 3.62. The molecule has 0 heterocycles. The fourth-order valence-corrected chi connectivity index (χ4v) is 2.36. The van der Waals surface area contributed by atoms with E-state index in [2.05, 4.69) is 0 Å². The number of nitrogens with two attached hydrogens (primary N) is 2. The van der Waals surface area contributed by atoms with Gasteiger partial charge >= 0.3 is 11.9 Å². The summed E-state index contributed by atoms with van der Waals surface area (Å²) in [6.45, 7) is 5.36. The summed E-state index contributed by atoms with van der Waals surface area (Å²) in [7, 11) is 0. The molecular weight excluding hydrogens is 308 g/mol. The van der Waals surface area contributed by atoms with Crippen LogP contribution in [0.4, 0.5) is 0 Å². The van der Waals surface area contributed by atoms with Gasteiger partial charge in [0.15, 0.2) is 0 Å². The van der Waals surface area contributed by atoms with Gasteiger partial charge in [-0.1, -0.05) is 30.3 Å². The Morgan fingerprint density at radius 1 is 1.21 bits per heavy atom. The molecule has 5 N–H and O–H groups in total. The monoisotopic (exact) mass is 336 g/mol. The van der Waals surface area contributed by atoms with Crippen LogP contribution in [-0.2, 0) is 20.7 Å².